The lowest BCUT2D eigenvalue weighted by molar-refractivity contribution is -0.138. The van der Waals surface area contributed by atoms with Gasteiger partial charge in [-0.3, -0.25) is 4.79 Å². The Balaban J connectivity index is 1.87. The first-order valence-electron chi connectivity index (χ1n) is 6.10. The monoisotopic (exact) mass is 337 g/mol. The van der Waals surface area contributed by atoms with Gasteiger partial charge in [-0.2, -0.15) is 0 Å². The molecule has 1 aromatic carbocycles. The van der Waals surface area contributed by atoms with Crippen LogP contribution in [0.4, 0.5) is 0 Å². The summed E-state index contributed by atoms with van der Waals surface area (Å²) in [5.41, 5.74) is 1.97. The van der Waals surface area contributed by atoms with Crippen LogP contribution in [0.1, 0.15) is 33.5 Å². The van der Waals surface area contributed by atoms with Crippen LogP contribution in [0.2, 0.25) is 0 Å². The van der Waals surface area contributed by atoms with E-state index < -0.39 is 11.9 Å². The standard InChI is InChI=1S/C14H12BrNO2S/c15-10-4-2-1-3-8(10)7-12-16-13-9(14(17)18)5-6-11(13)19-12/h1-4,9H,5-7H2,(H,17,18). The number of carboxylic acid groups (broad SMARTS) is 1. The second kappa shape index (κ2) is 5.06. The van der Waals surface area contributed by atoms with Crippen LogP contribution < -0.4 is 0 Å². The van der Waals surface area contributed by atoms with E-state index in [4.69, 9.17) is 5.11 Å². The molecule has 1 unspecified atom stereocenters. The van der Waals surface area contributed by atoms with Crippen LogP contribution in [0.25, 0.3) is 0 Å². The maximum atomic E-state index is 11.1. The third-order valence-electron chi connectivity index (χ3n) is 3.36. The van der Waals surface area contributed by atoms with E-state index in [-0.39, 0.29) is 0 Å². The average molecular weight is 338 g/mol. The summed E-state index contributed by atoms with van der Waals surface area (Å²) in [6, 6.07) is 8.05. The molecule has 1 aliphatic carbocycles. The van der Waals surface area contributed by atoms with E-state index in [0.29, 0.717) is 6.42 Å². The van der Waals surface area contributed by atoms with Crippen molar-refractivity contribution in [1.29, 1.82) is 0 Å². The lowest BCUT2D eigenvalue weighted by atomic mass is 10.1. The molecule has 1 aromatic heterocycles. The number of nitrogens with zero attached hydrogens (tertiary/aromatic N) is 1. The quantitative estimate of drug-likeness (QED) is 0.930. The zero-order chi connectivity index (χ0) is 13.4. The van der Waals surface area contributed by atoms with Gasteiger partial charge < -0.3 is 5.11 Å². The molecule has 0 radical (unpaired) electrons. The molecule has 3 rings (SSSR count). The van der Waals surface area contributed by atoms with Gasteiger partial charge in [-0.05, 0) is 24.5 Å². The van der Waals surface area contributed by atoms with Crippen LogP contribution in [-0.2, 0) is 17.6 Å². The van der Waals surface area contributed by atoms with E-state index in [1.807, 2.05) is 18.2 Å². The Kier molecular flexibility index (Phi) is 3.41. The highest BCUT2D eigenvalue weighted by Crippen LogP contribution is 2.37. The minimum Gasteiger partial charge on any atom is -0.481 e. The Morgan fingerprint density at radius 2 is 2.26 bits per heavy atom. The molecule has 0 aliphatic heterocycles. The number of thiazole rings is 1. The van der Waals surface area contributed by atoms with Crippen LogP contribution in [0, 0.1) is 0 Å². The number of aliphatic carboxylic acids is 1. The van der Waals surface area contributed by atoms with Crippen molar-refractivity contribution in [3.05, 3.63) is 49.9 Å². The molecular formula is C14H12BrNO2S. The number of aromatic nitrogens is 1. The van der Waals surface area contributed by atoms with Crippen molar-refractivity contribution < 1.29 is 9.90 Å². The number of benzene rings is 1. The van der Waals surface area contributed by atoms with E-state index >= 15 is 0 Å². The van der Waals surface area contributed by atoms with Crippen molar-refractivity contribution in [2.24, 2.45) is 0 Å². The van der Waals surface area contributed by atoms with Crippen LogP contribution in [0.5, 0.6) is 0 Å². The lowest BCUT2D eigenvalue weighted by Crippen LogP contribution is -2.08. The molecule has 0 bridgehead atoms. The molecule has 3 nitrogen and oxygen atoms in total. The molecule has 1 atom stereocenters. The number of aryl methyl sites for hydroxylation is 1. The average Bonchev–Trinajstić information content (AvgIpc) is 2.91. The van der Waals surface area contributed by atoms with E-state index in [2.05, 4.69) is 27.0 Å². The minimum absolute atomic E-state index is 0.404. The minimum atomic E-state index is -0.753. The lowest BCUT2D eigenvalue weighted by Gasteiger charge is -2.03. The second-order valence-corrected chi connectivity index (χ2v) is 6.64. The Morgan fingerprint density at radius 3 is 3.00 bits per heavy atom. The number of halogens is 1. The van der Waals surface area contributed by atoms with Crippen molar-refractivity contribution in [2.45, 2.75) is 25.2 Å². The van der Waals surface area contributed by atoms with Gasteiger partial charge in [0.15, 0.2) is 0 Å². The first-order chi connectivity index (χ1) is 9.15. The SMILES string of the molecule is O=C(O)C1CCc2sc(Cc3ccccc3Br)nc21. The molecule has 5 heteroatoms. The van der Waals surface area contributed by atoms with Crippen molar-refractivity contribution in [3.8, 4) is 0 Å². The van der Waals surface area contributed by atoms with E-state index in [1.54, 1.807) is 11.3 Å². The maximum Gasteiger partial charge on any atom is 0.312 e. The zero-order valence-electron chi connectivity index (χ0n) is 10.1. The fourth-order valence-electron chi connectivity index (χ4n) is 2.40. The van der Waals surface area contributed by atoms with Gasteiger partial charge in [0, 0.05) is 15.8 Å². The third kappa shape index (κ3) is 2.44. The van der Waals surface area contributed by atoms with Gasteiger partial charge in [0.05, 0.1) is 10.7 Å². The summed E-state index contributed by atoms with van der Waals surface area (Å²) in [7, 11) is 0. The zero-order valence-corrected chi connectivity index (χ0v) is 12.5. The molecule has 0 spiro atoms. The highest BCUT2D eigenvalue weighted by molar-refractivity contribution is 9.10. The number of fused-ring (bicyclic) bond motifs is 1. The summed E-state index contributed by atoms with van der Waals surface area (Å²) in [5, 5.41) is 10.2. The maximum absolute atomic E-state index is 11.1. The fourth-order valence-corrected chi connectivity index (χ4v) is 3.99. The van der Waals surface area contributed by atoms with Gasteiger partial charge in [0.2, 0.25) is 0 Å². The number of hydrogen-bond donors (Lipinski definition) is 1. The Morgan fingerprint density at radius 1 is 1.47 bits per heavy atom. The molecule has 0 saturated heterocycles. The van der Waals surface area contributed by atoms with E-state index in [9.17, 15) is 4.79 Å². The summed E-state index contributed by atoms with van der Waals surface area (Å²) in [4.78, 5) is 16.8. The van der Waals surface area contributed by atoms with Crippen molar-refractivity contribution >= 4 is 33.2 Å². The van der Waals surface area contributed by atoms with Crippen molar-refractivity contribution in [3.63, 3.8) is 0 Å². The van der Waals surface area contributed by atoms with Crippen LogP contribution in [0.3, 0.4) is 0 Å². The second-order valence-electron chi connectivity index (χ2n) is 4.61. The number of rotatable bonds is 3. The summed E-state index contributed by atoms with van der Waals surface area (Å²) in [5.74, 6) is -1.16. The predicted octanol–water partition coefficient (Wildman–Crippen LogP) is 3.61. The normalized spacial score (nSPS) is 17.4. The Bertz CT molecular complexity index is 638. The summed E-state index contributed by atoms with van der Waals surface area (Å²) >= 11 is 5.18. The number of carboxylic acids is 1. The molecule has 1 N–H and O–H groups in total. The van der Waals surface area contributed by atoms with Gasteiger partial charge in [0.25, 0.3) is 0 Å². The van der Waals surface area contributed by atoms with Crippen molar-refractivity contribution in [2.75, 3.05) is 0 Å². The third-order valence-corrected chi connectivity index (χ3v) is 5.26. The van der Waals surface area contributed by atoms with Crippen LogP contribution in [0.15, 0.2) is 28.7 Å². The highest BCUT2D eigenvalue weighted by Gasteiger charge is 2.32. The van der Waals surface area contributed by atoms with E-state index in [1.165, 1.54) is 5.56 Å². The first kappa shape index (κ1) is 12.8. The Hall–Kier alpha value is -1.20. The Labute approximate surface area is 123 Å². The van der Waals surface area contributed by atoms with Gasteiger partial charge in [-0.15, -0.1) is 11.3 Å². The molecule has 2 aromatic rings. The topological polar surface area (TPSA) is 50.2 Å². The molecule has 0 fully saturated rings. The molecule has 19 heavy (non-hydrogen) atoms. The van der Waals surface area contributed by atoms with Crippen LogP contribution in [-0.4, -0.2) is 16.1 Å². The summed E-state index contributed by atoms with van der Waals surface area (Å²) in [6.07, 6.45) is 2.30. The van der Waals surface area contributed by atoms with Gasteiger partial charge in [-0.25, -0.2) is 4.98 Å². The molecule has 1 aliphatic rings. The predicted molar refractivity (Wildman–Crippen MR) is 77.8 cm³/mol. The summed E-state index contributed by atoms with van der Waals surface area (Å²) in [6.45, 7) is 0. The molecule has 1 heterocycles. The molecular weight excluding hydrogens is 326 g/mol. The van der Waals surface area contributed by atoms with Crippen LogP contribution >= 0.6 is 27.3 Å². The van der Waals surface area contributed by atoms with E-state index in [0.717, 1.165) is 32.9 Å². The first-order valence-corrected chi connectivity index (χ1v) is 7.71. The smallest absolute Gasteiger partial charge is 0.312 e. The largest absolute Gasteiger partial charge is 0.481 e. The molecule has 0 amide bonds. The number of hydrogen-bond acceptors (Lipinski definition) is 3. The van der Waals surface area contributed by atoms with Crippen molar-refractivity contribution in [1.82, 2.24) is 4.98 Å². The van der Waals surface area contributed by atoms with Gasteiger partial charge >= 0.3 is 5.97 Å². The van der Waals surface area contributed by atoms with Gasteiger partial charge in [0.1, 0.15) is 5.92 Å². The van der Waals surface area contributed by atoms with Gasteiger partial charge in [-0.1, -0.05) is 34.1 Å². The highest BCUT2D eigenvalue weighted by atomic mass is 79.9. The number of carbonyl (C=O) groups is 1. The fraction of sp³-hybridized carbons (Fsp3) is 0.286. The summed E-state index contributed by atoms with van der Waals surface area (Å²) < 4.78 is 1.07. The molecule has 0 saturated carbocycles. The molecule has 98 valence electrons.